The van der Waals surface area contributed by atoms with Crippen molar-refractivity contribution in [2.45, 2.75) is 58.5 Å². The van der Waals surface area contributed by atoms with E-state index in [1.165, 1.54) is 0 Å². The smallest absolute Gasteiger partial charge is 0.263 e. The molecular weight excluding hydrogens is 308 g/mol. The third kappa shape index (κ3) is 3.54. The van der Waals surface area contributed by atoms with Gasteiger partial charge in [0.15, 0.2) is 0 Å². The fourth-order valence-corrected chi connectivity index (χ4v) is 3.58. The SMILES string of the molecule is Cc1ccn(CC2CCCO2)c(=O)c1C(=O)N1C[C@@H](C)O[C@@H](C)C1. The van der Waals surface area contributed by atoms with Crippen molar-refractivity contribution in [3.8, 4) is 0 Å². The maximum absolute atomic E-state index is 12.9. The summed E-state index contributed by atoms with van der Waals surface area (Å²) in [5.41, 5.74) is 0.777. The van der Waals surface area contributed by atoms with Crippen LogP contribution >= 0.6 is 0 Å². The zero-order valence-corrected chi connectivity index (χ0v) is 14.7. The van der Waals surface area contributed by atoms with Crippen LogP contribution in [0.1, 0.15) is 42.6 Å². The van der Waals surface area contributed by atoms with E-state index >= 15 is 0 Å². The van der Waals surface area contributed by atoms with Crippen molar-refractivity contribution in [3.63, 3.8) is 0 Å². The van der Waals surface area contributed by atoms with Gasteiger partial charge < -0.3 is 18.9 Å². The molecule has 2 aliphatic rings. The summed E-state index contributed by atoms with van der Waals surface area (Å²) in [4.78, 5) is 27.5. The molecule has 0 N–H and O–H groups in total. The van der Waals surface area contributed by atoms with Gasteiger partial charge >= 0.3 is 0 Å². The Hall–Kier alpha value is -1.66. The van der Waals surface area contributed by atoms with Crippen LogP contribution in [0.25, 0.3) is 0 Å². The second-order valence-corrected chi connectivity index (χ2v) is 6.93. The summed E-state index contributed by atoms with van der Waals surface area (Å²) in [6.45, 7) is 8.01. The molecule has 0 aliphatic carbocycles. The van der Waals surface area contributed by atoms with Crippen LogP contribution in [-0.2, 0) is 16.0 Å². The summed E-state index contributed by atoms with van der Waals surface area (Å²) in [6, 6.07) is 1.84. The predicted molar refractivity (Wildman–Crippen MR) is 90.3 cm³/mol. The lowest BCUT2D eigenvalue weighted by molar-refractivity contribution is -0.0586. The molecule has 2 fully saturated rings. The van der Waals surface area contributed by atoms with E-state index in [9.17, 15) is 9.59 Å². The van der Waals surface area contributed by atoms with Gasteiger partial charge in [0, 0.05) is 25.9 Å². The second-order valence-electron chi connectivity index (χ2n) is 6.93. The highest BCUT2D eigenvalue weighted by molar-refractivity contribution is 5.95. The first-order valence-corrected chi connectivity index (χ1v) is 8.72. The number of nitrogens with zero attached hydrogens (tertiary/aromatic N) is 2. The Bertz CT molecular complexity index is 653. The van der Waals surface area contributed by atoms with Crippen molar-refractivity contribution in [1.82, 2.24) is 9.47 Å². The van der Waals surface area contributed by atoms with Gasteiger partial charge in [0.25, 0.3) is 11.5 Å². The second kappa shape index (κ2) is 7.07. The van der Waals surface area contributed by atoms with Gasteiger partial charge in [-0.25, -0.2) is 0 Å². The van der Waals surface area contributed by atoms with Crippen LogP contribution in [-0.4, -0.2) is 53.4 Å². The molecule has 0 bridgehead atoms. The molecular formula is C18H26N2O4. The average molecular weight is 334 g/mol. The predicted octanol–water partition coefficient (Wildman–Crippen LogP) is 1.59. The highest BCUT2D eigenvalue weighted by Crippen LogP contribution is 2.16. The molecule has 3 heterocycles. The number of morpholine rings is 1. The van der Waals surface area contributed by atoms with Gasteiger partial charge in [0.1, 0.15) is 5.56 Å². The van der Waals surface area contributed by atoms with Gasteiger partial charge in [-0.1, -0.05) is 0 Å². The van der Waals surface area contributed by atoms with E-state index in [0.717, 1.165) is 25.0 Å². The lowest BCUT2D eigenvalue weighted by atomic mass is 10.1. The Labute approximate surface area is 142 Å². The molecule has 1 aromatic rings. The molecule has 0 saturated carbocycles. The lowest BCUT2D eigenvalue weighted by Gasteiger charge is -2.35. The van der Waals surface area contributed by atoms with Crippen LogP contribution in [0.2, 0.25) is 0 Å². The van der Waals surface area contributed by atoms with Crippen molar-refractivity contribution in [2.24, 2.45) is 0 Å². The molecule has 3 atom stereocenters. The van der Waals surface area contributed by atoms with Crippen LogP contribution in [0.3, 0.4) is 0 Å². The maximum Gasteiger partial charge on any atom is 0.263 e. The standard InChI is InChI=1S/C18H26N2O4/c1-12-6-7-19(11-15-5-4-8-23-15)17(21)16(12)18(22)20-9-13(2)24-14(3)10-20/h6-7,13-15H,4-5,8-11H2,1-3H3/t13-,14+,15?. The number of ether oxygens (including phenoxy) is 2. The van der Waals surface area contributed by atoms with Crippen molar-refractivity contribution in [3.05, 3.63) is 33.7 Å². The molecule has 0 radical (unpaired) electrons. The molecule has 1 amide bonds. The Morgan fingerprint density at radius 1 is 1.29 bits per heavy atom. The molecule has 2 saturated heterocycles. The quantitative estimate of drug-likeness (QED) is 0.842. The van der Waals surface area contributed by atoms with E-state index < -0.39 is 0 Å². The molecule has 6 nitrogen and oxygen atoms in total. The lowest BCUT2D eigenvalue weighted by Crippen LogP contribution is -2.49. The summed E-state index contributed by atoms with van der Waals surface area (Å²) in [5.74, 6) is -0.193. The van der Waals surface area contributed by atoms with Crippen molar-refractivity contribution in [1.29, 1.82) is 0 Å². The third-order valence-electron chi connectivity index (χ3n) is 4.72. The number of hydrogen-bond donors (Lipinski definition) is 0. The zero-order chi connectivity index (χ0) is 17.3. The van der Waals surface area contributed by atoms with Crippen LogP contribution < -0.4 is 5.56 Å². The van der Waals surface area contributed by atoms with Gasteiger partial charge in [-0.05, 0) is 45.2 Å². The molecule has 3 rings (SSSR count). The van der Waals surface area contributed by atoms with E-state index in [1.54, 1.807) is 15.7 Å². The van der Waals surface area contributed by atoms with E-state index in [2.05, 4.69) is 0 Å². The third-order valence-corrected chi connectivity index (χ3v) is 4.72. The molecule has 24 heavy (non-hydrogen) atoms. The first kappa shape index (κ1) is 17.2. The molecule has 132 valence electrons. The Balaban J connectivity index is 1.86. The van der Waals surface area contributed by atoms with Gasteiger partial charge in [-0.3, -0.25) is 9.59 Å². The molecule has 0 aromatic carbocycles. The number of rotatable bonds is 3. The van der Waals surface area contributed by atoms with E-state index in [1.807, 2.05) is 26.8 Å². The number of aryl methyl sites for hydroxylation is 1. The number of carbonyl (C=O) groups excluding carboxylic acids is 1. The summed E-state index contributed by atoms with van der Waals surface area (Å²) in [5, 5.41) is 0. The number of carbonyl (C=O) groups is 1. The molecule has 1 aromatic heterocycles. The summed E-state index contributed by atoms with van der Waals surface area (Å²) in [6.07, 6.45) is 3.78. The van der Waals surface area contributed by atoms with Gasteiger partial charge in [-0.15, -0.1) is 0 Å². The monoisotopic (exact) mass is 334 g/mol. The Morgan fingerprint density at radius 3 is 2.62 bits per heavy atom. The number of pyridine rings is 1. The summed E-state index contributed by atoms with van der Waals surface area (Å²) < 4.78 is 12.9. The highest BCUT2D eigenvalue weighted by Gasteiger charge is 2.29. The van der Waals surface area contributed by atoms with Crippen molar-refractivity contribution < 1.29 is 14.3 Å². The minimum Gasteiger partial charge on any atom is -0.376 e. The molecule has 1 unspecified atom stereocenters. The fourth-order valence-electron chi connectivity index (χ4n) is 3.58. The van der Waals surface area contributed by atoms with E-state index in [-0.39, 0.29) is 35.3 Å². The zero-order valence-electron chi connectivity index (χ0n) is 14.7. The van der Waals surface area contributed by atoms with Crippen LogP contribution in [0.15, 0.2) is 17.1 Å². The Kier molecular flexibility index (Phi) is 5.06. The first-order chi connectivity index (χ1) is 11.5. The first-order valence-electron chi connectivity index (χ1n) is 8.72. The molecule has 2 aliphatic heterocycles. The molecule has 0 spiro atoms. The largest absolute Gasteiger partial charge is 0.376 e. The van der Waals surface area contributed by atoms with E-state index in [4.69, 9.17) is 9.47 Å². The Morgan fingerprint density at radius 2 is 2.00 bits per heavy atom. The minimum absolute atomic E-state index is 0.0177. The topological polar surface area (TPSA) is 60.8 Å². The van der Waals surface area contributed by atoms with Crippen LogP contribution in [0.5, 0.6) is 0 Å². The molecule has 6 heteroatoms. The average Bonchev–Trinajstić information content (AvgIpc) is 3.02. The fraction of sp³-hybridized carbons (Fsp3) is 0.667. The normalized spacial score (nSPS) is 27.5. The number of aromatic nitrogens is 1. The van der Waals surface area contributed by atoms with Gasteiger partial charge in [0.05, 0.1) is 24.9 Å². The number of amides is 1. The maximum atomic E-state index is 12.9. The van der Waals surface area contributed by atoms with Crippen molar-refractivity contribution in [2.75, 3.05) is 19.7 Å². The van der Waals surface area contributed by atoms with Crippen LogP contribution in [0, 0.1) is 6.92 Å². The van der Waals surface area contributed by atoms with E-state index in [0.29, 0.717) is 19.6 Å². The number of hydrogen-bond acceptors (Lipinski definition) is 4. The minimum atomic E-state index is -0.220. The summed E-state index contributed by atoms with van der Waals surface area (Å²) in [7, 11) is 0. The van der Waals surface area contributed by atoms with Gasteiger partial charge in [0.2, 0.25) is 0 Å². The highest BCUT2D eigenvalue weighted by atomic mass is 16.5. The van der Waals surface area contributed by atoms with Crippen LogP contribution in [0.4, 0.5) is 0 Å². The van der Waals surface area contributed by atoms with Gasteiger partial charge in [-0.2, -0.15) is 0 Å². The van der Waals surface area contributed by atoms with Crippen molar-refractivity contribution >= 4 is 5.91 Å². The summed E-state index contributed by atoms with van der Waals surface area (Å²) >= 11 is 0.